The molecule has 1 aliphatic rings. The monoisotopic (exact) mass is 230 g/mol. The molecule has 0 spiro atoms. The van der Waals surface area contributed by atoms with Crippen molar-refractivity contribution >= 4 is 11.9 Å². The highest BCUT2D eigenvalue weighted by molar-refractivity contribution is 5.87. The molecular formula is C7H10N4O5. The maximum atomic E-state index is 11.6. The van der Waals surface area contributed by atoms with Gasteiger partial charge in [-0.3, -0.25) is 9.63 Å². The zero-order valence-electron chi connectivity index (χ0n) is 8.35. The molecule has 1 aliphatic heterocycles. The van der Waals surface area contributed by atoms with Crippen molar-refractivity contribution in [1.82, 2.24) is 5.06 Å². The summed E-state index contributed by atoms with van der Waals surface area (Å²) in [7, 11) is 0. The number of aliphatic carboxylic acids is 1. The first-order chi connectivity index (χ1) is 7.49. The summed E-state index contributed by atoms with van der Waals surface area (Å²) in [5, 5.41) is 21.7. The maximum Gasteiger partial charge on any atom is 0.328 e. The molecule has 0 radical (unpaired) electrons. The van der Waals surface area contributed by atoms with Crippen molar-refractivity contribution in [1.29, 1.82) is 0 Å². The highest BCUT2D eigenvalue weighted by atomic mass is 16.7. The summed E-state index contributed by atoms with van der Waals surface area (Å²) < 4.78 is 0. The third-order valence-electron chi connectivity index (χ3n) is 2.10. The van der Waals surface area contributed by atoms with E-state index in [1.165, 1.54) is 6.92 Å². The average molecular weight is 230 g/mol. The van der Waals surface area contributed by atoms with Gasteiger partial charge >= 0.3 is 5.97 Å². The number of hydroxylamine groups is 2. The fourth-order valence-electron chi connectivity index (χ4n) is 1.19. The van der Waals surface area contributed by atoms with E-state index in [4.69, 9.17) is 15.5 Å². The van der Waals surface area contributed by atoms with Crippen LogP contribution in [0.2, 0.25) is 0 Å². The maximum absolute atomic E-state index is 11.6. The molecule has 1 rings (SSSR count). The normalized spacial score (nSPS) is 27.1. The minimum absolute atomic E-state index is 0.299. The van der Waals surface area contributed by atoms with E-state index in [0.717, 1.165) is 0 Å². The smallest absolute Gasteiger partial charge is 0.328 e. The number of carbonyl (C=O) groups excluding carboxylic acids is 1. The topological polar surface area (TPSA) is 136 Å². The number of aliphatic hydroxyl groups is 1. The lowest BCUT2D eigenvalue weighted by molar-refractivity contribution is -0.231. The van der Waals surface area contributed by atoms with Crippen molar-refractivity contribution in [2.75, 3.05) is 6.61 Å². The Morgan fingerprint density at radius 3 is 2.94 bits per heavy atom. The van der Waals surface area contributed by atoms with E-state index >= 15 is 0 Å². The molecule has 9 nitrogen and oxygen atoms in total. The molecule has 0 bridgehead atoms. The molecule has 1 amide bonds. The van der Waals surface area contributed by atoms with E-state index in [2.05, 4.69) is 10.0 Å². The first-order valence-electron chi connectivity index (χ1n) is 4.40. The second-order valence-corrected chi connectivity index (χ2v) is 3.19. The van der Waals surface area contributed by atoms with Crippen molar-refractivity contribution in [2.45, 2.75) is 25.1 Å². The number of carboxylic acids is 1. The van der Waals surface area contributed by atoms with Crippen LogP contribution in [0.15, 0.2) is 5.11 Å². The highest BCUT2D eigenvalue weighted by Crippen LogP contribution is 2.16. The largest absolute Gasteiger partial charge is 0.480 e. The van der Waals surface area contributed by atoms with Crippen LogP contribution in [0.25, 0.3) is 10.4 Å². The van der Waals surface area contributed by atoms with Gasteiger partial charge in [-0.25, -0.2) is 9.86 Å². The van der Waals surface area contributed by atoms with Gasteiger partial charge < -0.3 is 10.2 Å². The lowest BCUT2D eigenvalue weighted by Crippen LogP contribution is -2.56. The van der Waals surface area contributed by atoms with Crippen molar-refractivity contribution in [3.05, 3.63) is 10.4 Å². The molecule has 16 heavy (non-hydrogen) atoms. The molecule has 3 unspecified atom stereocenters. The lowest BCUT2D eigenvalue weighted by atomic mass is 10.1. The lowest BCUT2D eigenvalue weighted by Gasteiger charge is -2.34. The number of aliphatic hydroxyl groups excluding tert-OH is 1. The molecule has 0 aliphatic carbocycles. The predicted octanol–water partition coefficient (Wildman–Crippen LogP) is -0.727. The number of nitrogens with zero attached hydrogens (tertiary/aromatic N) is 4. The summed E-state index contributed by atoms with van der Waals surface area (Å²) in [5.74, 6) is -2.13. The van der Waals surface area contributed by atoms with Gasteiger partial charge in [0.05, 0.1) is 6.10 Å². The van der Waals surface area contributed by atoms with Crippen LogP contribution in [-0.2, 0) is 14.4 Å². The average Bonchev–Trinajstić information content (AvgIpc) is 2.23. The van der Waals surface area contributed by atoms with E-state index in [-0.39, 0.29) is 6.61 Å². The summed E-state index contributed by atoms with van der Waals surface area (Å²) in [6.45, 7) is 0.943. The molecule has 3 atom stereocenters. The van der Waals surface area contributed by atoms with Crippen molar-refractivity contribution in [3.8, 4) is 0 Å². The molecule has 2 N–H and O–H groups in total. The Morgan fingerprint density at radius 1 is 1.81 bits per heavy atom. The van der Waals surface area contributed by atoms with Crippen molar-refractivity contribution in [3.63, 3.8) is 0 Å². The van der Waals surface area contributed by atoms with Gasteiger partial charge in [0.1, 0.15) is 12.6 Å². The summed E-state index contributed by atoms with van der Waals surface area (Å²) in [6.07, 6.45) is -1.26. The van der Waals surface area contributed by atoms with Crippen LogP contribution < -0.4 is 0 Å². The fourth-order valence-corrected chi connectivity index (χ4v) is 1.19. The molecule has 0 aromatic rings. The zero-order chi connectivity index (χ0) is 12.3. The Morgan fingerprint density at radius 2 is 2.44 bits per heavy atom. The second kappa shape index (κ2) is 4.79. The molecule has 1 saturated heterocycles. The van der Waals surface area contributed by atoms with E-state index in [1.807, 2.05) is 0 Å². The van der Waals surface area contributed by atoms with Crippen LogP contribution in [0.1, 0.15) is 6.92 Å². The Kier molecular flexibility index (Phi) is 3.67. The molecule has 1 fully saturated rings. The van der Waals surface area contributed by atoms with Crippen LogP contribution in [0.5, 0.6) is 0 Å². The SMILES string of the molecule is CC(C(=O)O)N1OCC(O)C(N=[N+]=[N-])C1=O. The van der Waals surface area contributed by atoms with Crippen LogP contribution in [0.3, 0.4) is 0 Å². The van der Waals surface area contributed by atoms with Gasteiger partial charge in [-0.05, 0) is 12.5 Å². The number of hydrogen-bond acceptors (Lipinski definition) is 5. The van der Waals surface area contributed by atoms with Crippen molar-refractivity contribution in [2.24, 2.45) is 5.11 Å². The van der Waals surface area contributed by atoms with Crippen LogP contribution in [0.4, 0.5) is 0 Å². The summed E-state index contributed by atoms with van der Waals surface area (Å²) in [6, 6.07) is -2.56. The number of azide groups is 1. The van der Waals surface area contributed by atoms with Gasteiger partial charge in [0.15, 0.2) is 6.04 Å². The molecular weight excluding hydrogens is 220 g/mol. The van der Waals surface area contributed by atoms with E-state index in [1.54, 1.807) is 0 Å². The third-order valence-corrected chi connectivity index (χ3v) is 2.10. The van der Waals surface area contributed by atoms with E-state index < -0.39 is 30.1 Å². The van der Waals surface area contributed by atoms with Crippen LogP contribution >= 0.6 is 0 Å². The second-order valence-electron chi connectivity index (χ2n) is 3.19. The predicted molar refractivity (Wildman–Crippen MR) is 48.8 cm³/mol. The Balaban J connectivity index is 2.88. The van der Waals surface area contributed by atoms with Gasteiger partial charge in [-0.15, -0.1) is 0 Å². The number of rotatable bonds is 3. The van der Waals surface area contributed by atoms with Gasteiger partial charge in [0.25, 0.3) is 5.91 Å². The minimum Gasteiger partial charge on any atom is -0.480 e. The van der Waals surface area contributed by atoms with Crippen molar-refractivity contribution < 1.29 is 24.6 Å². The van der Waals surface area contributed by atoms with Crippen LogP contribution in [0, 0.1) is 0 Å². The molecule has 0 saturated carbocycles. The molecule has 1 heterocycles. The first-order valence-corrected chi connectivity index (χ1v) is 4.40. The molecule has 0 aromatic heterocycles. The first kappa shape index (κ1) is 12.2. The van der Waals surface area contributed by atoms with E-state index in [0.29, 0.717) is 5.06 Å². The highest BCUT2D eigenvalue weighted by Gasteiger charge is 2.40. The molecule has 88 valence electrons. The number of carbonyl (C=O) groups is 2. The minimum atomic E-state index is -1.35. The van der Waals surface area contributed by atoms with E-state index in [9.17, 15) is 14.7 Å². The Bertz CT molecular complexity index is 353. The van der Waals surface area contributed by atoms with Gasteiger partial charge in [-0.1, -0.05) is 5.11 Å². The Labute approximate surface area is 89.8 Å². The van der Waals surface area contributed by atoms with Gasteiger partial charge in [0, 0.05) is 4.91 Å². The standard InChI is InChI=1S/C7H10N4O5/c1-3(7(14)15)11-6(13)5(9-10-8)4(12)2-16-11/h3-5,12H,2H2,1H3,(H,14,15). The summed E-state index contributed by atoms with van der Waals surface area (Å²) in [5.41, 5.74) is 8.21. The third kappa shape index (κ3) is 2.22. The number of hydrogen-bond donors (Lipinski definition) is 2. The molecule has 0 aromatic carbocycles. The zero-order valence-corrected chi connectivity index (χ0v) is 8.35. The molecule has 9 heteroatoms. The van der Waals surface area contributed by atoms with Crippen LogP contribution in [-0.4, -0.2) is 51.9 Å². The summed E-state index contributed by atoms with van der Waals surface area (Å²) >= 11 is 0. The summed E-state index contributed by atoms with van der Waals surface area (Å²) in [4.78, 5) is 29.4. The fraction of sp³-hybridized carbons (Fsp3) is 0.714. The quantitative estimate of drug-likeness (QED) is 0.374. The van der Waals surface area contributed by atoms with Gasteiger partial charge in [0.2, 0.25) is 0 Å². The number of amides is 1. The number of carboxylic acid groups (broad SMARTS) is 1. The Hall–Kier alpha value is -1.83. The van der Waals surface area contributed by atoms with Gasteiger partial charge in [-0.2, -0.15) is 0 Å².